The van der Waals surface area contributed by atoms with E-state index in [0.717, 1.165) is 22.2 Å². The van der Waals surface area contributed by atoms with Crippen LogP contribution in [0.2, 0.25) is 0 Å². The summed E-state index contributed by atoms with van der Waals surface area (Å²) in [6, 6.07) is 7.19. The van der Waals surface area contributed by atoms with Crippen LogP contribution in [-0.4, -0.2) is 16.8 Å². The summed E-state index contributed by atoms with van der Waals surface area (Å²) >= 11 is 0. The van der Waals surface area contributed by atoms with Gasteiger partial charge >= 0.3 is 6.03 Å². The zero-order valence-corrected chi connectivity index (χ0v) is 10.6. The monoisotopic (exact) mass is 254 g/mol. The van der Waals surface area contributed by atoms with Gasteiger partial charge in [-0.3, -0.25) is 0 Å². The Hall–Kier alpha value is -2.74. The van der Waals surface area contributed by atoms with Crippen molar-refractivity contribution in [2.75, 3.05) is 0 Å². The molecule has 5 nitrogen and oxygen atoms in total. The van der Waals surface area contributed by atoms with Crippen molar-refractivity contribution in [2.24, 2.45) is 10.8 Å². The van der Waals surface area contributed by atoms with E-state index in [9.17, 15) is 4.79 Å². The normalized spacial score (nSPS) is 10.7. The van der Waals surface area contributed by atoms with Crippen molar-refractivity contribution in [2.45, 2.75) is 13.5 Å². The summed E-state index contributed by atoms with van der Waals surface area (Å²) in [7, 11) is 0. The van der Waals surface area contributed by atoms with Gasteiger partial charge in [-0.15, -0.1) is 6.42 Å². The van der Waals surface area contributed by atoms with Gasteiger partial charge in [-0.05, 0) is 13.0 Å². The fourth-order valence-electron chi connectivity index (χ4n) is 2.08. The number of hydrogen-bond acceptors (Lipinski definition) is 2. The van der Waals surface area contributed by atoms with Gasteiger partial charge in [-0.2, -0.15) is 5.10 Å². The first-order chi connectivity index (χ1) is 9.15. The number of urea groups is 1. The summed E-state index contributed by atoms with van der Waals surface area (Å²) < 4.78 is 2.03. The molecule has 0 spiro atoms. The fraction of sp³-hybridized carbons (Fsp3) is 0.143. The predicted molar refractivity (Wildman–Crippen MR) is 75.8 cm³/mol. The van der Waals surface area contributed by atoms with E-state index in [-0.39, 0.29) is 0 Å². The van der Waals surface area contributed by atoms with Crippen LogP contribution in [0.5, 0.6) is 0 Å². The molecule has 0 aliphatic heterocycles. The minimum atomic E-state index is -0.693. The Kier molecular flexibility index (Phi) is 3.53. The second-order valence-electron chi connectivity index (χ2n) is 4.04. The third-order valence-corrected chi connectivity index (χ3v) is 2.90. The van der Waals surface area contributed by atoms with Gasteiger partial charge in [0.15, 0.2) is 0 Å². The zero-order chi connectivity index (χ0) is 13.8. The molecule has 0 unspecified atom stereocenters. The molecule has 96 valence electrons. The molecule has 0 aliphatic rings. The van der Waals surface area contributed by atoms with Gasteiger partial charge in [0, 0.05) is 22.2 Å². The van der Waals surface area contributed by atoms with E-state index < -0.39 is 6.03 Å². The lowest BCUT2D eigenvalue weighted by Crippen LogP contribution is -2.24. The van der Waals surface area contributed by atoms with Crippen LogP contribution in [0.4, 0.5) is 4.79 Å². The zero-order valence-electron chi connectivity index (χ0n) is 10.6. The van der Waals surface area contributed by atoms with Crippen molar-refractivity contribution in [3.05, 3.63) is 35.5 Å². The minimum absolute atomic E-state index is 0.490. The Morgan fingerprint density at radius 2 is 2.32 bits per heavy atom. The summed E-state index contributed by atoms with van der Waals surface area (Å²) in [4.78, 5) is 10.6. The van der Waals surface area contributed by atoms with Crippen LogP contribution in [0.3, 0.4) is 0 Å². The molecule has 5 heteroatoms. The summed E-state index contributed by atoms with van der Waals surface area (Å²) in [5, 5.41) is 4.84. The first-order valence-electron chi connectivity index (χ1n) is 5.75. The number of nitrogens with two attached hydrogens (primary N) is 1. The number of nitrogens with zero attached hydrogens (tertiary/aromatic N) is 2. The first kappa shape index (κ1) is 12.7. The van der Waals surface area contributed by atoms with E-state index in [1.165, 1.54) is 0 Å². The molecular formula is C14H14N4O. The second kappa shape index (κ2) is 5.27. The number of nitrogens with one attached hydrogen (secondary N) is 1. The Balaban J connectivity index is 2.54. The van der Waals surface area contributed by atoms with Crippen LogP contribution in [-0.2, 0) is 6.54 Å². The van der Waals surface area contributed by atoms with Gasteiger partial charge in [0.2, 0.25) is 0 Å². The van der Waals surface area contributed by atoms with Crippen LogP contribution in [0.1, 0.15) is 11.3 Å². The van der Waals surface area contributed by atoms with Crippen molar-refractivity contribution in [1.82, 2.24) is 9.99 Å². The lowest BCUT2D eigenvalue weighted by molar-refractivity contribution is 0.249. The van der Waals surface area contributed by atoms with Gasteiger partial charge in [0.05, 0.1) is 12.8 Å². The summed E-state index contributed by atoms with van der Waals surface area (Å²) in [6.07, 6.45) is 6.97. The number of fused-ring (bicyclic) bond motifs is 1. The van der Waals surface area contributed by atoms with Crippen molar-refractivity contribution in [1.29, 1.82) is 0 Å². The third-order valence-electron chi connectivity index (χ3n) is 2.90. The van der Waals surface area contributed by atoms with E-state index in [1.807, 2.05) is 35.8 Å². The van der Waals surface area contributed by atoms with Crippen LogP contribution in [0.15, 0.2) is 29.4 Å². The van der Waals surface area contributed by atoms with Gasteiger partial charge in [0.1, 0.15) is 0 Å². The predicted octanol–water partition coefficient (Wildman–Crippen LogP) is 1.59. The van der Waals surface area contributed by atoms with Crippen LogP contribution >= 0.6 is 0 Å². The highest BCUT2D eigenvalue weighted by Gasteiger charge is 2.11. The number of amides is 2. The quantitative estimate of drug-likeness (QED) is 0.487. The molecule has 1 aromatic heterocycles. The topological polar surface area (TPSA) is 72.4 Å². The number of carbonyl (C=O) groups is 1. The van der Waals surface area contributed by atoms with E-state index in [0.29, 0.717) is 6.54 Å². The minimum Gasteiger partial charge on any atom is -0.350 e. The van der Waals surface area contributed by atoms with E-state index in [2.05, 4.69) is 16.4 Å². The molecule has 0 saturated carbocycles. The third kappa shape index (κ3) is 2.43. The molecular weight excluding hydrogens is 240 g/mol. The maximum Gasteiger partial charge on any atom is 0.332 e. The number of benzene rings is 1. The van der Waals surface area contributed by atoms with Gasteiger partial charge in [0.25, 0.3) is 0 Å². The molecule has 2 rings (SSSR count). The Morgan fingerprint density at radius 1 is 1.58 bits per heavy atom. The van der Waals surface area contributed by atoms with Crippen LogP contribution in [0, 0.1) is 19.3 Å². The van der Waals surface area contributed by atoms with Gasteiger partial charge < -0.3 is 10.3 Å². The van der Waals surface area contributed by atoms with Crippen LogP contribution in [0.25, 0.3) is 10.9 Å². The molecule has 0 fully saturated rings. The van der Waals surface area contributed by atoms with Crippen molar-refractivity contribution >= 4 is 23.1 Å². The molecule has 1 aromatic carbocycles. The second-order valence-corrected chi connectivity index (χ2v) is 4.04. The molecule has 0 saturated heterocycles. The molecule has 1 heterocycles. The largest absolute Gasteiger partial charge is 0.350 e. The van der Waals surface area contributed by atoms with E-state index >= 15 is 0 Å². The number of hydrazone groups is 1. The van der Waals surface area contributed by atoms with E-state index in [1.54, 1.807) is 6.21 Å². The average molecular weight is 254 g/mol. The van der Waals surface area contributed by atoms with Crippen molar-refractivity contribution in [3.8, 4) is 12.3 Å². The molecule has 3 N–H and O–H groups in total. The summed E-state index contributed by atoms with van der Waals surface area (Å²) in [5.74, 6) is 2.63. The molecule has 0 aliphatic carbocycles. The van der Waals surface area contributed by atoms with Crippen LogP contribution < -0.4 is 11.2 Å². The summed E-state index contributed by atoms with van der Waals surface area (Å²) in [5.41, 5.74) is 10.1. The standard InChI is InChI=1S/C14H14N4O/c1-3-8-18-10(2)12(9-16-17-14(15)19)11-6-4-5-7-13(11)18/h1,4-7,9H,8H2,2H3,(H3,15,17,19). The average Bonchev–Trinajstić information content (AvgIpc) is 2.65. The number of carbonyl (C=O) groups excluding carboxylic acids is 1. The Bertz CT molecular complexity index is 691. The fourth-order valence-corrected chi connectivity index (χ4v) is 2.08. The van der Waals surface area contributed by atoms with E-state index in [4.69, 9.17) is 12.2 Å². The number of rotatable bonds is 3. The molecule has 0 radical (unpaired) electrons. The molecule has 2 aromatic rings. The number of terminal acetylenes is 1. The van der Waals surface area contributed by atoms with Gasteiger partial charge in [-0.1, -0.05) is 24.1 Å². The maximum absolute atomic E-state index is 10.6. The number of primary amides is 1. The first-order valence-corrected chi connectivity index (χ1v) is 5.75. The molecule has 19 heavy (non-hydrogen) atoms. The molecule has 0 bridgehead atoms. The van der Waals surface area contributed by atoms with Crippen molar-refractivity contribution in [3.63, 3.8) is 0 Å². The van der Waals surface area contributed by atoms with Crippen molar-refractivity contribution < 1.29 is 4.79 Å². The highest BCUT2D eigenvalue weighted by Crippen LogP contribution is 2.24. The highest BCUT2D eigenvalue weighted by atomic mass is 16.2. The number of aromatic nitrogens is 1. The van der Waals surface area contributed by atoms with Gasteiger partial charge in [-0.25, -0.2) is 10.2 Å². The SMILES string of the molecule is C#CCn1c(C)c(C=NNC(N)=O)c2ccccc21. The lowest BCUT2D eigenvalue weighted by atomic mass is 10.1. The molecule has 0 atom stereocenters. The maximum atomic E-state index is 10.6. The lowest BCUT2D eigenvalue weighted by Gasteiger charge is -2.02. The Labute approximate surface area is 111 Å². The molecule has 2 amide bonds. The number of para-hydroxylation sites is 1. The summed E-state index contributed by atoms with van der Waals surface area (Å²) in [6.45, 7) is 2.45. The highest BCUT2D eigenvalue weighted by molar-refractivity contribution is 6.01. The smallest absolute Gasteiger partial charge is 0.332 e. The number of hydrogen-bond donors (Lipinski definition) is 2. The Morgan fingerprint density at radius 3 is 3.00 bits per heavy atom.